The van der Waals surface area contributed by atoms with E-state index in [1.165, 1.54) is 31.7 Å². The van der Waals surface area contributed by atoms with E-state index in [4.69, 9.17) is 5.73 Å². The van der Waals surface area contributed by atoms with Crippen molar-refractivity contribution >= 4 is 11.4 Å². The van der Waals surface area contributed by atoms with Gasteiger partial charge in [-0.2, -0.15) is 0 Å². The van der Waals surface area contributed by atoms with Gasteiger partial charge in [0.25, 0.3) is 0 Å². The average Bonchev–Trinajstić information content (AvgIpc) is 2.42. The third kappa shape index (κ3) is 2.45. The lowest BCUT2D eigenvalue weighted by atomic mass is 9.74. The lowest BCUT2D eigenvalue weighted by Crippen LogP contribution is -2.40. The minimum atomic E-state index is -0.206. The maximum absolute atomic E-state index is 13.3. The summed E-state index contributed by atoms with van der Waals surface area (Å²) in [6.07, 6.45) is 4.82. The molecule has 100 valence electrons. The molecule has 1 heterocycles. The van der Waals surface area contributed by atoms with Crippen molar-refractivity contribution in [2.24, 2.45) is 5.41 Å². The molecule has 18 heavy (non-hydrogen) atoms. The van der Waals surface area contributed by atoms with Gasteiger partial charge in [-0.3, -0.25) is 0 Å². The monoisotopic (exact) mass is 250 g/mol. The summed E-state index contributed by atoms with van der Waals surface area (Å²) < 4.78 is 13.3. The van der Waals surface area contributed by atoms with E-state index in [9.17, 15) is 4.39 Å². The van der Waals surface area contributed by atoms with E-state index in [1.807, 2.05) is 0 Å². The molecule has 0 aliphatic carbocycles. The number of nitrogens with two attached hydrogens (primary N) is 1. The Labute approximate surface area is 109 Å². The number of anilines is 2. The maximum atomic E-state index is 13.3. The standard InChI is InChI=1S/C15H23FN2/c1-3-15(4-2)7-9-18(10-8-15)14-11-12(16)5-6-13(14)17/h5-6,11H,3-4,7-10,17H2,1-2H3. The molecule has 0 atom stereocenters. The van der Waals surface area contributed by atoms with Gasteiger partial charge in [-0.15, -0.1) is 0 Å². The number of benzene rings is 1. The molecule has 1 aromatic carbocycles. The average molecular weight is 250 g/mol. The highest BCUT2D eigenvalue weighted by Gasteiger charge is 2.31. The highest BCUT2D eigenvalue weighted by Crippen LogP contribution is 2.40. The van der Waals surface area contributed by atoms with Crippen molar-refractivity contribution in [3.8, 4) is 0 Å². The normalized spacial score (nSPS) is 18.9. The van der Waals surface area contributed by atoms with Gasteiger partial charge < -0.3 is 10.6 Å². The van der Waals surface area contributed by atoms with Crippen LogP contribution in [0.5, 0.6) is 0 Å². The third-order valence-corrected chi connectivity index (χ3v) is 4.66. The summed E-state index contributed by atoms with van der Waals surface area (Å²) in [6, 6.07) is 4.64. The van der Waals surface area contributed by atoms with Gasteiger partial charge in [0.1, 0.15) is 5.82 Å². The van der Waals surface area contributed by atoms with Crippen LogP contribution in [0.15, 0.2) is 18.2 Å². The number of piperidine rings is 1. The van der Waals surface area contributed by atoms with Gasteiger partial charge in [0.15, 0.2) is 0 Å². The van der Waals surface area contributed by atoms with Crippen LogP contribution >= 0.6 is 0 Å². The zero-order chi connectivity index (χ0) is 13.2. The molecule has 3 heteroatoms. The van der Waals surface area contributed by atoms with Crippen molar-refractivity contribution < 1.29 is 4.39 Å². The first-order valence-electron chi connectivity index (χ1n) is 6.90. The lowest BCUT2D eigenvalue weighted by Gasteiger charge is -2.42. The number of nitrogens with zero attached hydrogens (tertiary/aromatic N) is 1. The minimum Gasteiger partial charge on any atom is -0.397 e. The molecular formula is C15H23FN2. The van der Waals surface area contributed by atoms with Gasteiger partial charge in [-0.25, -0.2) is 4.39 Å². The molecule has 1 fully saturated rings. The van der Waals surface area contributed by atoms with E-state index in [-0.39, 0.29) is 5.82 Å². The molecule has 0 bridgehead atoms. The number of hydrogen-bond donors (Lipinski definition) is 1. The van der Waals surface area contributed by atoms with Crippen LogP contribution in [0.2, 0.25) is 0 Å². The molecule has 0 aromatic heterocycles. The van der Waals surface area contributed by atoms with Crippen LogP contribution in [0.25, 0.3) is 0 Å². The summed E-state index contributed by atoms with van der Waals surface area (Å²) in [6.45, 7) is 6.51. The van der Waals surface area contributed by atoms with Crippen LogP contribution in [-0.2, 0) is 0 Å². The Bertz CT molecular complexity index is 403. The van der Waals surface area contributed by atoms with Crippen LogP contribution in [0.3, 0.4) is 0 Å². The van der Waals surface area contributed by atoms with Crippen molar-refractivity contribution in [2.45, 2.75) is 39.5 Å². The Morgan fingerprint density at radius 1 is 1.22 bits per heavy atom. The summed E-state index contributed by atoms with van der Waals surface area (Å²) in [7, 11) is 0. The number of halogens is 1. The van der Waals surface area contributed by atoms with Gasteiger partial charge in [-0.05, 0) is 36.5 Å². The Morgan fingerprint density at radius 3 is 2.39 bits per heavy atom. The number of nitrogen functional groups attached to an aromatic ring is 1. The molecule has 2 nitrogen and oxygen atoms in total. The molecule has 2 rings (SSSR count). The Morgan fingerprint density at radius 2 is 1.83 bits per heavy atom. The first-order chi connectivity index (χ1) is 8.60. The van der Waals surface area contributed by atoms with Gasteiger partial charge in [0, 0.05) is 13.1 Å². The molecule has 0 amide bonds. The van der Waals surface area contributed by atoms with Gasteiger partial charge in [0.05, 0.1) is 11.4 Å². The Kier molecular flexibility index (Phi) is 3.79. The first-order valence-corrected chi connectivity index (χ1v) is 6.90. The van der Waals surface area contributed by atoms with E-state index in [2.05, 4.69) is 18.7 Å². The summed E-state index contributed by atoms with van der Waals surface area (Å²) in [4.78, 5) is 2.22. The van der Waals surface area contributed by atoms with Crippen LogP contribution in [0.1, 0.15) is 39.5 Å². The third-order valence-electron chi connectivity index (χ3n) is 4.66. The second kappa shape index (κ2) is 5.17. The van der Waals surface area contributed by atoms with Crippen LogP contribution < -0.4 is 10.6 Å². The number of rotatable bonds is 3. The Balaban J connectivity index is 2.12. The van der Waals surface area contributed by atoms with Crippen molar-refractivity contribution in [1.29, 1.82) is 0 Å². The molecule has 0 unspecified atom stereocenters. The maximum Gasteiger partial charge on any atom is 0.125 e. The largest absolute Gasteiger partial charge is 0.397 e. The first kappa shape index (κ1) is 13.2. The second-order valence-electron chi connectivity index (χ2n) is 5.40. The summed E-state index contributed by atoms with van der Waals surface area (Å²) in [5.41, 5.74) is 7.96. The molecule has 1 saturated heterocycles. The SMILES string of the molecule is CCC1(CC)CCN(c2cc(F)ccc2N)CC1. The summed E-state index contributed by atoms with van der Waals surface area (Å²) in [5.74, 6) is -0.206. The predicted octanol–water partition coefficient (Wildman–Crippen LogP) is 3.81. The molecule has 2 N–H and O–H groups in total. The molecular weight excluding hydrogens is 227 g/mol. The second-order valence-corrected chi connectivity index (χ2v) is 5.40. The fourth-order valence-electron chi connectivity index (χ4n) is 2.97. The van der Waals surface area contributed by atoms with E-state index in [0.717, 1.165) is 18.8 Å². The predicted molar refractivity (Wildman–Crippen MR) is 75.3 cm³/mol. The van der Waals surface area contributed by atoms with E-state index >= 15 is 0 Å². The highest BCUT2D eigenvalue weighted by atomic mass is 19.1. The molecule has 1 aliphatic rings. The van der Waals surface area contributed by atoms with Crippen LogP contribution in [0.4, 0.5) is 15.8 Å². The van der Waals surface area contributed by atoms with Crippen molar-refractivity contribution in [1.82, 2.24) is 0 Å². The summed E-state index contributed by atoms with van der Waals surface area (Å²) in [5, 5.41) is 0. The Hall–Kier alpha value is -1.25. The zero-order valence-corrected chi connectivity index (χ0v) is 11.4. The lowest BCUT2D eigenvalue weighted by molar-refractivity contribution is 0.199. The van der Waals surface area contributed by atoms with Crippen molar-refractivity contribution in [2.75, 3.05) is 23.7 Å². The van der Waals surface area contributed by atoms with E-state index < -0.39 is 0 Å². The molecule has 0 spiro atoms. The molecule has 0 saturated carbocycles. The number of hydrogen-bond acceptors (Lipinski definition) is 2. The van der Waals surface area contributed by atoms with Gasteiger partial charge in [0.2, 0.25) is 0 Å². The zero-order valence-electron chi connectivity index (χ0n) is 11.4. The fourth-order valence-corrected chi connectivity index (χ4v) is 2.97. The molecule has 0 radical (unpaired) electrons. The topological polar surface area (TPSA) is 29.3 Å². The van der Waals surface area contributed by atoms with E-state index in [1.54, 1.807) is 12.1 Å². The minimum absolute atomic E-state index is 0.206. The molecule has 1 aromatic rings. The summed E-state index contributed by atoms with van der Waals surface area (Å²) >= 11 is 0. The van der Waals surface area contributed by atoms with Crippen LogP contribution in [-0.4, -0.2) is 13.1 Å². The quantitative estimate of drug-likeness (QED) is 0.826. The smallest absolute Gasteiger partial charge is 0.125 e. The van der Waals surface area contributed by atoms with Crippen LogP contribution in [0, 0.1) is 11.2 Å². The van der Waals surface area contributed by atoms with E-state index in [0.29, 0.717) is 11.1 Å². The highest BCUT2D eigenvalue weighted by molar-refractivity contribution is 5.67. The molecule has 1 aliphatic heterocycles. The van der Waals surface area contributed by atoms with Crippen molar-refractivity contribution in [3.05, 3.63) is 24.0 Å². The van der Waals surface area contributed by atoms with Crippen molar-refractivity contribution in [3.63, 3.8) is 0 Å². The fraction of sp³-hybridized carbons (Fsp3) is 0.600. The van der Waals surface area contributed by atoms with Gasteiger partial charge >= 0.3 is 0 Å². The van der Waals surface area contributed by atoms with Gasteiger partial charge in [-0.1, -0.05) is 26.7 Å².